The predicted molar refractivity (Wildman–Crippen MR) is 81.9 cm³/mol. The Bertz CT molecular complexity index is 560. The molecular weight excluding hydrogens is 267 g/mol. The van der Waals surface area contributed by atoms with Crippen LogP contribution >= 0.6 is 0 Å². The van der Waals surface area contributed by atoms with Gasteiger partial charge in [0, 0.05) is 29.9 Å². The SMILES string of the molecule is CCNC(C)c1cccc(F)c1OCCc1ccccn1. The lowest BCUT2D eigenvalue weighted by atomic mass is 10.1. The molecule has 0 radical (unpaired) electrons. The summed E-state index contributed by atoms with van der Waals surface area (Å²) in [5.41, 5.74) is 1.79. The maximum atomic E-state index is 14.0. The van der Waals surface area contributed by atoms with Gasteiger partial charge in [0.05, 0.1) is 6.61 Å². The number of para-hydroxylation sites is 1. The minimum atomic E-state index is -0.321. The van der Waals surface area contributed by atoms with Crippen LogP contribution in [0.5, 0.6) is 5.75 Å². The van der Waals surface area contributed by atoms with Crippen molar-refractivity contribution in [1.29, 1.82) is 0 Å². The van der Waals surface area contributed by atoms with Crippen LogP contribution in [0.2, 0.25) is 0 Å². The van der Waals surface area contributed by atoms with Crippen LogP contribution in [0.25, 0.3) is 0 Å². The molecule has 2 rings (SSSR count). The van der Waals surface area contributed by atoms with E-state index in [1.807, 2.05) is 38.1 Å². The molecule has 0 bridgehead atoms. The quantitative estimate of drug-likeness (QED) is 0.846. The molecule has 1 atom stereocenters. The highest BCUT2D eigenvalue weighted by Crippen LogP contribution is 2.28. The van der Waals surface area contributed by atoms with Crippen molar-refractivity contribution in [3.05, 3.63) is 59.7 Å². The fourth-order valence-corrected chi connectivity index (χ4v) is 2.24. The van der Waals surface area contributed by atoms with E-state index in [9.17, 15) is 4.39 Å². The number of ether oxygens (including phenoxy) is 1. The van der Waals surface area contributed by atoms with Crippen LogP contribution in [0.15, 0.2) is 42.6 Å². The Hall–Kier alpha value is -1.94. The Morgan fingerprint density at radius 1 is 1.24 bits per heavy atom. The molecule has 3 nitrogen and oxygen atoms in total. The number of rotatable bonds is 7. The first-order valence-electron chi connectivity index (χ1n) is 7.27. The Labute approximate surface area is 125 Å². The molecule has 112 valence electrons. The largest absolute Gasteiger partial charge is 0.490 e. The highest BCUT2D eigenvalue weighted by atomic mass is 19.1. The molecule has 2 aromatic rings. The molecule has 0 aliphatic carbocycles. The maximum Gasteiger partial charge on any atom is 0.165 e. The van der Waals surface area contributed by atoms with Crippen molar-refractivity contribution >= 4 is 0 Å². The van der Waals surface area contributed by atoms with Crippen LogP contribution in [0.4, 0.5) is 4.39 Å². The molecule has 1 aromatic carbocycles. The summed E-state index contributed by atoms with van der Waals surface area (Å²) in [7, 11) is 0. The molecule has 1 aromatic heterocycles. The average molecular weight is 288 g/mol. The van der Waals surface area contributed by atoms with Gasteiger partial charge in [-0.25, -0.2) is 4.39 Å². The number of nitrogens with zero attached hydrogens (tertiary/aromatic N) is 1. The lowest BCUT2D eigenvalue weighted by Gasteiger charge is -2.18. The number of pyridine rings is 1. The first kappa shape index (κ1) is 15.4. The summed E-state index contributed by atoms with van der Waals surface area (Å²) in [6.45, 7) is 5.26. The number of nitrogens with one attached hydrogen (secondary N) is 1. The van der Waals surface area contributed by atoms with Gasteiger partial charge in [-0.2, -0.15) is 0 Å². The zero-order chi connectivity index (χ0) is 15.1. The summed E-state index contributed by atoms with van der Waals surface area (Å²) >= 11 is 0. The van der Waals surface area contributed by atoms with Crippen LogP contribution in [0.1, 0.15) is 31.1 Å². The molecule has 0 fully saturated rings. The summed E-state index contributed by atoms with van der Waals surface area (Å²) < 4.78 is 19.7. The van der Waals surface area contributed by atoms with Crippen LogP contribution in [0.3, 0.4) is 0 Å². The third-order valence-electron chi connectivity index (χ3n) is 3.31. The van der Waals surface area contributed by atoms with E-state index >= 15 is 0 Å². The minimum Gasteiger partial charge on any atom is -0.490 e. The molecule has 4 heteroatoms. The van der Waals surface area contributed by atoms with Crippen LogP contribution in [-0.2, 0) is 6.42 Å². The number of benzene rings is 1. The van der Waals surface area contributed by atoms with E-state index < -0.39 is 0 Å². The van der Waals surface area contributed by atoms with E-state index in [-0.39, 0.29) is 11.9 Å². The number of aromatic nitrogens is 1. The van der Waals surface area contributed by atoms with E-state index in [1.165, 1.54) is 6.07 Å². The maximum absolute atomic E-state index is 14.0. The van der Waals surface area contributed by atoms with E-state index in [0.717, 1.165) is 17.8 Å². The zero-order valence-electron chi connectivity index (χ0n) is 12.5. The molecule has 0 amide bonds. The van der Waals surface area contributed by atoms with E-state index in [4.69, 9.17) is 4.74 Å². The van der Waals surface area contributed by atoms with Gasteiger partial charge in [-0.05, 0) is 31.7 Å². The highest BCUT2D eigenvalue weighted by molar-refractivity contribution is 5.37. The van der Waals surface area contributed by atoms with Crippen LogP contribution < -0.4 is 10.1 Å². The zero-order valence-corrected chi connectivity index (χ0v) is 12.5. The molecule has 1 N–H and O–H groups in total. The van der Waals surface area contributed by atoms with Gasteiger partial charge < -0.3 is 10.1 Å². The molecule has 21 heavy (non-hydrogen) atoms. The Morgan fingerprint density at radius 3 is 2.81 bits per heavy atom. The van der Waals surface area contributed by atoms with Crippen molar-refractivity contribution in [2.45, 2.75) is 26.3 Å². The van der Waals surface area contributed by atoms with E-state index in [2.05, 4.69) is 10.3 Å². The summed E-state index contributed by atoms with van der Waals surface area (Å²) in [6.07, 6.45) is 2.40. The van der Waals surface area contributed by atoms with E-state index in [1.54, 1.807) is 12.3 Å². The first-order valence-corrected chi connectivity index (χ1v) is 7.27. The molecule has 0 aliphatic rings. The summed E-state index contributed by atoms with van der Waals surface area (Å²) in [5, 5.41) is 3.28. The molecule has 0 saturated carbocycles. The molecule has 0 saturated heterocycles. The molecule has 1 heterocycles. The van der Waals surface area contributed by atoms with Crippen molar-refractivity contribution < 1.29 is 9.13 Å². The summed E-state index contributed by atoms with van der Waals surface area (Å²) in [4.78, 5) is 4.23. The highest BCUT2D eigenvalue weighted by Gasteiger charge is 2.14. The van der Waals surface area contributed by atoms with Gasteiger partial charge in [0.2, 0.25) is 0 Å². The Morgan fingerprint density at radius 2 is 2.10 bits per heavy atom. The van der Waals surface area contributed by atoms with Gasteiger partial charge in [-0.1, -0.05) is 25.1 Å². The van der Waals surface area contributed by atoms with Gasteiger partial charge in [0.25, 0.3) is 0 Å². The fourth-order valence-electron chi connectivity index (χ4n) is 2.24. The first-order chi connectivity index (χ1) is 10.2. The van der Waals surface area contributed by atoms with E-state index in [0.29, 0.717) is 18.8 Å². The van der Waals surface area contributed by atoms with Gasteiger partial charge >= 0.3 is 0 Å². The lowest BCUT2D eigenvalue weighted by molar-refractivity contribution is 0.297. The third-order valence-corrected chi connectivity index (χ3v) is 3.31. The number of hydrogen-bond acceptors (Lipinski definition) is 3. The standard InChI is InChI=1S/C17H21FN2O/c1-3-19-13(2)15-8-6-9-16(18)17(15)21-12-10-14-7-4-5-11-20-14/h4-9,11,13,19H,3,10,12H2,1-2H3. The molecule has 0 aliphatic heterocycles. The fraction of sp³-hybridized carbons (Fsp3) is 0.353. The lowest BCUT2D eigenvalue weighted by Crippen LogP contribution is -2.19. The number of halogens is 1. The van der Waals surface area contributed by atoms with Crippen molar-refractivity contribution in [1.82, 2.24) is 10.3 Å². The Kier molecular flexibility index (Phi) is 5.69. The van der Waals surface area contributed by atoms with Gasteiger partial charge in [-0.15, -0.1) is 0 Å². The number of hydrogen-bond donors (Lipinski definition) is 1. The molecule has 0 spiro atoms. The smallest absolute Gasteiger partial charge is 0.165 e. The summed E-state index contributed by atoms with van der Waals surface area (Å²) in [6, 6.07) is 10.8. The normalized spacial score (nSPS) is 12.1. The van der Waals surface area contributed by atoms with Gasteiger partial charge in [0.15, 0.2) is 11.6 Å². The second kappa shape index (κ2) is 7.74. The molecule has 1 unspecified atom stereocenters. The third kappa shape index (κ3) is 4.26. The second-order valence-corrected chi connectivity index (χ2v) is 4.86. The van der Waals surface area contributed by atoms with Gasteiger partial charge in [-0.3, -0.25) is 4.98 Å². The second-order valence-electron chi connectivity index (χ2n) is 4.86. The summed E-state index contributed by atoms with van der Waals surface area (Å²) in [5.74, 6) is 0.0140. The van der Waals surface area contributed by atoms with Crippen LogP contribution in [0, 0.1) is 5.82 Å². The minimum absolute atomic E-state index is 0.0514. The average Bonchev–Trinajstić information content (AvgIpc) is 2.50. The van der Waals surface area contributed by atoms with Crippen molar-refractivity contribution in [2.24, 2.45) is 0 Å². The predicted octanol–water partition coefficient (Wildman–Crippen LogP) is 3.51. The van der Waals surface area contributed by atoms with Gasteiger partial charge in [0.1, 0.15) is 0 Å². The topological polar surface area (TPSA) is 34.1 Å². The van der Waals surface area contributed by atoms with Crippen LogP contribution in [-0.4, -0.2) is 18.1 Å². The monoisotopic (exact) mass is 288 g/mol. The van der Waals surface area contributed by atoms with Crippen molar-refractivity contribution in [3.8, 4) is 5.75 Å². The molecular formula is C17H21FN2O. The van der Waals surface area contributed by atoms with Crippen molar-refractivity contribution in [3.63, 3.8) is 0 Å². The van der Waals surface area contributed by atoms with Crippen molar-refractivity contribution in [2.75, 3.05) is 13.2 Å². The Balaban J connectivity index is 2.05.